The molecule has 0 unspecified atom stereocenters. The van der Waals surface area contributed by atoms with E-state index < -0.39 is 5.97 Å². The predicted molar refractivity (Wildman–Crippen MR) is 103 cm³/mol. The Morgan fingerprint density at radius 2 is 2.08 bits per heavy atom. The Bertz CT molecular complexity index is 943. The highest BCUT2D eigenvalue weighted by molar-refractivity contribution is 7.14. The lowest BCUT2D eigenvalue weighted by Gasteiger charge is -2.08. The third kappa shape index (κ3) is 3.77. The van der Waals surface area contributed by atoms with Gasteiger partial charge in [0.05, 0.1) is 13.0 Å². The van der Waals surface area contributed by atoms with Crippen LogP contribution in [0.15, 0.2) is 35.8 Å². The van der Waals surface area contributed by atoms with Crippen molar-refractivity contribution in [3.63, 3.8) is 0 Å². The summed E-state index contributed by atoms with van der Waals surface area (Å²) in [6, 6.07) is 8.36. The minimum atomic E-state index is -0.482. The molecule has 2 aromatic heterocycles. The summed E-state index contributed by atoms with van der Waals surface area (Å²) in [5, 5.41) is 5.81. The highest BCUT2D eigenvalue weighted by Gasteiger charge is 2.16. The molecular weight excluding hydrogens is 350 g/mol. The van der Waals surface area contributed by atoms with E-state index in [0.29, 0.717) is 11.2 Å². The van der Waals surface area contributed by atoms with Crippen LogP contribution in [0.25, 0.3) is 10.9 Å². The highest BCUT2D eigenvalue weighted by Crippen LogP contribution is 2.25. The van der Waals surface area contributed by atoms with E-state index in [-0.39, 0.29) is 24.6 Å². The molecule has 0 fully saturated rings. The summed E-state index contributed by atoms with van der Waals surface area (Å²) in [5.74, 6) is -0.648. The fraction of sp³-hybridized carbons (Fsp3) is 0.316. The number of thiazole rings is 1. The van der Waals surface area contributed by atoms with Gasteiger partial charge in [-0.15, -0.1) is 11.3 Å². The number of nitrogens with zero attached hydrogens (tertiary/aromatic N) is 2. The molecule has 0 saturated carbocycles. The quantitative estimate of drug-likeness (QED) is 0.664. The van der Waals surface area contributed by atoms with Crippen molar-refractivity contribution in [1.82, 2.24) is 9.55 Å². The molecule has 1 N–H and O–H groups in total. The summed E-state index contributed by atoms with van der Waals surface area (Å²) in [6.45, 7) is 6.25. The SMILES string of the molecule is CCOC(=O)c1csc(NC(=O)Cc2cn(C(C)C)c3ccccc23)n1. The molecule has 6 nitrogen and oxygen atoms in total. The van der Waals surface area contributed by atoms with Gasteiger partial charge in [0.2, 0.25) is 5.91 Å². The molecule has 2 heterocycles. The highest BCUT2D eigenvalue weighted by atomic mass is 32.1. The van der Waals surface area contributed by atoms with Crippen molar-refractivity contribution >= 4 is 39.2 Å². The van der Waals surface area contributed by atoms with Crippen LogP contribution in [0.3, 0.4) is 0 Å². The third-order valence-corrected chi connectivity index (χ3v) is 4.72. The molecule has 26 heavy (non-hydrogen) atoms. The first kappa shape index (κ1) is 18.1. The number of fused-ring (bicyclic) bond motifs is 1. The second kappa shape index (κ2) is 7.70. The lowest BCUT2D eigenvalue weighted by atomic mass is 10.1. The van der Waals surface area contributed by atoms with Gasteiger partial charge in [-0.05, 0) is 32.4 Å². The fourth-order valence-electron chi connectivity index (χ4n) is 2.81. The van der Waals surface area contributed by atoms with Gasteiger partial charge in [-0.3, -0.25) is 4.79 Å². The number of amides is 1. The zero-order valence-corrected chi connectivity index (χ0v) is 15.8. The lowest BCUT2D eigenvalue weighted by Crippen LogP contribution is -2.14. The average molecular weight is 371 g/mol. The number of aromatic nitrogens is 2. The Labute approximate surface area is 155 Å². The normalized spacial score (nSPS) is 11.1. The molecule has 0 atom stereocenters. The van der Waals surface area contributed by atoms with Gasteiger partial charge in [0.15, 0.2) is 10.8 Å². The standard InChI is InChI=1S/C19H21N3O3S/c1-4-25-18(24)15-11-26-19(20-15)21-17(23)9-13-10-22(12(2)3)16-8-6-5-7-14(13)16/h5-8,10-12H,4,9H2,1-3H3,(H,20,21,23). The average Bonchev–Trinajstić information content (AvgIpc) is 3.20. The summed E-state index contributed by atoms with van der Waals surface area (Å²) in [7, 11) is 0. The van der Waals surface area contributed by atoms with Crippen LogP contribution in [-0.2, 0) is 16.0 Å². The van der Waals surface area contributed by atoms with Gasteiger partial charge in [-0.25, -0.2) is 9.78 Å². The first-order valence-corrected chi connectivity index (χ1v) is 9.38. The number of anilines is 1. The number of hydrogen-bond acceptors (Lipinski definition) is 5. The molecule has 0 radical (unpaired) electrons. The molecular formula is C19H21N3O3S. The van der Waals surface area contributed by atoms with Crippen molar-refractivity contribution in [2.45, 2.75) is 33.2 Å². The van der Waals surface area contributed by atoms with Crippen LogP contribution < -0.4 is 5.32 Å². The van der Waals surface area contributed by atoms with Crippen LogP contribution in [0.4, 0.5) is 5.13 Å². The second-order valence-electron chi connectivity index (χ2n) is 6.16. The second-order valence-corrected chi connectivity index (χ2v) is 7.01. The van der Waals surface area contributed by atoms with Gasteiger partial charge in [0, 0.05) is 28.5 Å². The Balaban J connectivity index is 1.75. The number of carbonyl (C=O) groups excluding carboxylic acids is 2. The number of esters is 1. The van der Waals surface area contributed by atoms with Crippen molar-refractivity contribution in [2.24, 2.45) is 0 Å². The molecule has 0 bridgehead atoms. The van der Waals surface area contributed by atoms with E-state index in [0.717, 1.165) is 16.5 Å². The smallest absolute Gasteiger partial charge is 0.357 e. The van der Waals surface area contributed by atoms with E-state index >= 15 is 0 Å². The molecule has 1 aromatic carbocycles. The van der Waals surface area contributed by atoms with Crippen molar-refractivity contribution in [3.8, 4) is 0 Å². The van der Waals surface area contributed by atoms with Crippen LogP contribution in [0, 0.1) is 0 Å². The Kier molecular flexibility index (Phi) is 5.37. The Morgan fingerprint density at radius 1 is 1.31 bits per heavy atom. The van der Waals surface area contributed by atoms with Gasteiger partial charge in [0.1, 0.15) is 0 Å². The molecule has 136 valence electrons. The van der Waals surface area contributed by atoms with E-state index in [1.165, 1.54) is 11.3 Å². The van der Waals surface area contributed by atoms with Crippen molar-refractivity contribution in [1.29, 1.82) is 0 Å². The maximum absolute atomic E-state index is 12.4. The van der Waals surface area contributed by atoms with E-state index in [2.05, 4.69) is 34.8 Å². The summed E-state index contributed by atoms with van der Waals surface area (Å²) >= 11 is 1.21. The van der Waals surface area contributed by atoms with Crippen LogP contribution in [0.1, 0.15) is 42.9 Å². The molecule has 0 aliphatic rings. The number of hydrogen-bond donors (Lipinski definition) is 1. The van der Waals surface area contributed by atoms with Gasteiger partial charge >= 0.3 is 5.97 Å². The molecule has 1 amide bonds. The monoisotopic (exact) mass is 371 g/mol. The van der Waals surface area contributed by atoms with E-state index in [4.69, 9.17) is 4.74 Å². The molecule has 0 aliphatic carbocycles. The minimum absolute atomic E-state index is 0.165. The van der Waals surface area contributed by atoms with E-state index in [1.807, 2.05) is 24.4 Å². The number of carbonyl (C=O) groups is 2. The number of rotatable bonds is 6. The lowest BCUT2D eigenvalue weighted by molar-refractivity contribution is -0.115. The van der Waals surface area contributed by atoms with Gasteiger partial charge in [-0.2, -0.15) is 0 Å². The zero-order valence-electron chi connectivity index (χ0n) is 15.0. The summed E-state index contributed by atoms with van der Waals surface area (Å²) in [6.07, 6.45) is 2.27. The fourth-order valence-corrected chi connectivity index (χ4v) is 3.51. The number of ether oxygens (including phenoxy) is 1. The predicted octanol–water partition coefficient (Wildman–Crippen LogP) is 4.04. The maximum Gasteiger partial charge on any atom is 0.357 e. The Morgan fingerprint density at radius 3 is 2.81 bits per heavy atom. The van der Waals surface area contributed by atoms with Gasteiger partial charge in [-0.1, -0.05) is 18.2 Å². The van der Waals surface area contributed by atoms with Crippen LogP contribution in [0.5, 0.6) is 0 Å². The van der Waals surface area contributed by atoms with Gasteiger partial charge < -0.3 is 14.6 Å². The maximum atomic E-state index is 12.4. The summed E-state index contributed by atoms with van der Waals surface area (Å²) in [5.41, 5.74) is 2.29. The number of nitrogens with one attached hydrogen (secondary N) is 1. The zero-order chi connectivity index (χ0) is 18.7. The molecule has 0 spiro atoms. The van der Waals surface area contributed by atoms with Crippen LogP contribution in [0.2, 0.25) is 0 Å². The molecule has 3 aromatic rings. The molecule has 0 saturated heterocycles. The minimum Gasteiger partial charge on any atom is -0.461 e. The van der Waals surface area contributed by atoms with Crippen molar-refractivity contribution < 1.29 is 14.3 Å². The van der Waals surface area contributed by atoms with Crippen molar-refractivity contribution in [3.05, 3.63) is 47.1 Å². The van der Waals surface area contributed by atoms with Crippen LogP contribution in [-0.4, -0.2) is 28.0 Å². The number of benzene rings is 1. The summed E-state index contributed by atoms with van der Waals surface area (Å²) in [4.78, 5) is 28.2. The molecule has 0 aliphatic heterocycles. The van der Waals surface area contributed by atoms with Gasteiger partial charge in [0.25, 0.3) is 0 Å². The Hall–Kier alpha value is -2.67. The number of para-hydroxylation sites is 1. The van der Waals surface area contributed by atoms with E-state index in [1.54, 1.807) is 12.3 Å². The van der Waals surface area contributed by atoms with E-state index in [9.17, 15) is 9.59 Å². The molecule has 3 rings (SSSR count). The third-order valence-electron chi connectivity index (χ3n) is 3.97. The topological polar surface area (TPSA) is 73.2 Å². The van der Waals surface area contributed by atoms with Crippen LogP contribution >= 0.6 is 11.3 Å². The van der Waals surface area contributed by atoms with Crippen molar-refractivity contribution in [2.75, 3.05) is 11.9 Å². The first-order chi connectivity index (χ1) is 12.5. The first-order valence-electron chi connectivity index (χ1n) is 8.50. The largest absolute Gasteiger partial charge is 0.461 e. The molecule has 7 heteroatoms. The summed E-state index contributed by atoms with van der Waals surface area (Å²) < 4.78 is 7.07.